The van der Waals surface area contributed by atoms with Crippen LogP contribution in [-0.2, 0) is 24.4 Å². The molecule has 0 saturated heterocycles. The zero-order valence-electron chi connectivity index (χ0n) is 19.3. The number of aliphatic imine (C=N–C) groups is 1. The number of carbonyl (C=O) groups is 1. The summed E-state index contributed by atoms with van der Waals surface area (Å²) in [5, 5.41) is 6.24. The van der Waals surface area contributed by atoms with Gasteiger partial charge in [0.1, 0.15) is 11.4 Å². The van der Waals surface area contributed by atoms with Gasteiger partial charge < -0.3 is 20.3 Å². The fraction of sp³-hybridized carbons (Fsp3) is 0.435. The van der Waals surface area contributed by atoms with Crippen LogP contribution in [0.2, 0.25) is 0 Å². The fourth-order valence-electron chi connectivity index (χ4n) is 2.66. The number of hydrogen-bond donors (Lipinski definition) is 2. The van der Waals surface area contributed by atoms with E-state index in [4.69, 9.17) is 4.74 Å². The normalized spacial score (nSPS) is 11.4. The number of halogens is 2. The van der Waals surface area contributed by atoms with E-state index in [1.807, 2.05) is 52.0 Å². The van der Waals surface area contributed by atoms with E-state index in [-0.39, 0.29) is 42.4 Å². The van der Waals surface area contributed by atoms with Crippen LogP contribution >= 0.6 is 24.0 Å². The van der Waals surface area contributed by atoms with Gasteiger partial charge in [0.05, 0.1) is 18.8 Å². The summed E-state index contributed by atoms with van der Waals surface area (Å²) in [6, 6.07) is 10.8. The first kappa shape index (κ1) is 27.6. The number of aromatic nitrogens is 1. The summed E-state index contributed by atoms with van der Waals surface area (Å²) >= 11 is 0. The van der Waals surface area contributed by atoms with Crippen molar-refractivity contribution in [3.8, 4) is 0 Å². The van der Waals surface area contributed by atoms with Crippen LogP contribution in [-0.4, -0.2) is 41.1 Å². The van der Waals surface area contributed by atoms with Gasteiger partial charge in [-0.2, -0.15) is 0 Å². The van der Waals surface area contributed by atoms with Crippen molar-refractivity contribution in [1.29, 1.82) is 0 Å². The molecule has 9 heteroatoms. The highest BCUT2D eigenvalue weighted by Gasteiger charge is 2.19. The Bertz CT molecular complexity index is 885. The second-order valence-corrected chi connectivity index (χ2v) is 8.13. The van der Waals surface area contributed by atoms with E-state index < -0.39 is 5.60 Å². The van der Waals surface area contributed by atoms with Crippen LogP contribution in [0.25, 0.3) is 0 Å². The summed E-state index contributed by atoms with van der Waals surface area (Å²) in [6.07, 6.45) is 1.21. The first-order valence-electron chi connectivity index (χ1n) is 10.3. The highest BCUT2D eigenvalue weighted by Crippen LogP contribution is 2.12. The van der Waals surface area contributed by atoms with E-state index in [9.17, 15) is 9.18 Å². The van der Waals surface area contributed by atoms with E-state index >= 15 is 0 Å². The van der Waals surface area contributed by atoms with Crippen LogP contribution in [0.1, 0.15) is 44.5 Å². The van der Waals surface area contributed by atoms with Crippen molar-refractivity contribution in [3.63, 3.8) is 0 Å². The van der Waals surface area contributed by atoms with Crippen LogP contribution in [0.4, 0.5) is 9.18 Å². The molecule has 0 saturated carbocycles. The van der Waals surface area contributed by atoms with E-state index in [2.05, 4.69) is 20.6 Å². The highest BCUT2D eigenvalue weighted by molar-refractivity contribution is 14.0. The monoisotopic (exact) mass is 557 g/mol. The van der Waals surface area contributed by atoms with Crippen molar-refractivity contribution in [2.75, 3.05) is 13.6 Å². The highest BCUT2D eigenvalue weighted by atomic mass is 127. The summed E-state index contributed by atoms with van der Waals surface area (Å²) in [7, 11) is 1.71. The summed E-state index contributed by atoms with van der Waals surface area (Å²) in [5.74, 6) is 0.235. The number of nitrogens with zero attached hydrogens (tertiary/aromatic N) is 3. The molecular weight excluding hydrogens is 524 g/mol. The third-order valence-corrected chi connectivity index (χ3v) is 4.17. The van der Waals surface area contributed by atoms with Gasteiger partial charge in [-0.1, -0.05) is 24.3 Å². The molecule has 32 heavy (non-hydrogen) atoms. The first-order valence-corrected chi connectivity index (χ1v) is 10.3. The van der Waals surface area contributed by atoms with Crippen molar-refractivity contribution < 1.29 is 13.9 Å². The molecule has 1 heterocycles. The van der Waals surface area contributed by atoms with E-state index in [1.54, 1.807) is 24.2 Å². The predicted molar refractivity (Wildman–Crippen MR) is 135 cm³/mol. The predicted octanol–water partition coefficient (Wildman–Crippen LogP) is 4.46. The lowest BCUT2D eigenvalue weighted by Gasteiger charge is -2.24. The molecule has 7 nitrogen and oxygen atoms in total. The maximum absolute atomic E-state index is 13.7. The molecule has 0 aliphatic rings. The average molecular weight is 557 g/mol. The molecule has 176 valence electrons. The lowest BCUT2D eigenvalue weighted by molar-refractivity contribution is 0.0285. The molecule has 1 amide bonds. The third-order valence-electron chi connectivity index (χ3n) is 4.17. The van der Waals surface area contributed by atoms with Crippen molar-refractivity contribution in [3.05, 3.63) is 65.2 Å². The third kappa shape index (κ3) is 9.80. The summed E-state index contributed by atoms with van der Waals surface area (Å²) in [6.45, 7) is 9.35. The Morgan fingerprint density at radius 1 is 1.16 bits per heavy atom. The first-order chi connectivity index (χ1) is 14.7. The van der Waals surface area contributed by atoms with E-state index in [0.29, 0.717) is 31.3 Å². The number of rotatable bonds is 7. The Balaban J connectivity index is 0.00000512. The second kappa shape index (κ2) is 13.2. The number of hydrogen-bond acceptors (Lipinski definition) is 4. The van der Waals surface area contributed by atoms with Gasteiger partial charge in [0.15, 0.2) is 5.96 Å². The molecule has 2 rings (SSSR count). The Morgan fingerprint density at radius 2 is 1.81 bits per heavy atom. The average Bonchev–Trinajstić information content (AvgIpc) is 2.71. The van der Waals surface area contributed by atoms with Gasteiger partial charge in [-0.25, -0.2) is 14.2 Å². The molecule has 0 atom stereocenters. The summed E-state index contributed by atoms with van der Waals surface area (Å²) in [5.41, 5.74) is 1.83. The van der Waals surface area contributed by atoms with Crippen molar-refractivity contribution in [1.82, 2.24) is 20.5 Å². The molecule has 0 spiro atoms. The number of ether oxygens (including phenoxy) is 1. The molecule has 0 aliphatic heterocycles. The summed E-state index contributed by atoms with van der Waals surface area (Å²) in [4.78, 5) is 22.2. The van der Waals surface area contributed by atoms with Gasteiger partial charge >= 0.3 is 6.09 Å². The van der Waals surface area contributed by atoms with Crippen LogP contribution < -0.4 is 10.6 Å². The molecular formula is C23H33FIN5O2. The summed E-state index contributed by atoms with van der Waals surface area (Å²) < 4.78 is 19.1. The van der Waals surface area contributed by atoms with Crippen LogP contribution in [0.5, 0.6) is 0 Å². The Morgan fingerprint density at radius 3 is 2.41 bits per heavy atom. The van der Waals surface area contributed by atoms with Gasteiger partial charge in [-0.3, -0.25) is 4.98 Å². The molecule has 1 aromatic carbocycles. The van der Waals surface area contributed by atoms with Gasteiger partial charge in [0.25, 0.3) is 0 Å². The topological polar surface area (TPSA) is 78.9 Å². The van der Waals surface area contributed by atoms with Crippen molar-refractivity contribution >= 4 is 36.0 Å². The Kier molecular flexibility index (Phi) is 11.4. The molecule has 1 aromatic heterocycles. The minimum absolute atomic E-state index is 0. The quantitative estimate of drug-likeness (QED) is 0.299. The van der Waals surface area contributed by atoms with Crippen LogP contribution in [0.15, 0.2) is 47.6 Å². The number of benzene rings is 1. The molecule has 2 N–H and O–H groups in total. The zero-order valence-corrected chi connectivity index (χ0v) is 21.6. The smallest absolute Gasteiger partial charge is 0.410 e. The van der Waals surface area contributed by atoms with Gasteiger partial charge in [0, 0.05) is 26.3 Å². The lowest BCUT2D eigenvalue weighted by Crippen LogP contribution is -2.37. The van der Waals surface area contributed by atoms with E-state index in [1.165, 1.54) is 6.07 Å². The molecule has 0 aliphatic carbocycles. The van der Waals surface area contributed by atoms with Gasteiger partial charge in [-0.15, -0.1) is 24.0 Å². The minimum Gasteiger partial charge on any atom is -0.444 e. The second-order valence-electron chi connectivity index (χ2n) is 8.13. The minimum atomic E-state index is -0.520. The van der Waals surface area contributed by atoms with Crippen LogP contribution in [0.3, 0.4) is 0 Å². The number of nitrogens with one attached hydrogen (secondary N) is 2. The van der Waals surface area contributed by atoms with Gasteiger partial charge in [-0.05, 0) is 51.0 Å². The SMILES string of the molecule is CCNC(=NCc1ccc(CN(C)C(=O)OC(C)(C)C)cc1)NCc1ncccc1F.I. The number of guanidine groups is 1. The van der Waals surface area contributed by atoms with Crippen LogP contribution in [0, 0.1) is 5.82 Å². The standard InChI is InChI=1S/C23H32FN5O2.HI/c1-6-25-21(28-15-20-19(24)8-7-13-26-20)27-14-17-9-11-18(12-10-17)16-29(5)22(30)31-23(2,3)4;/h7-13H,6,14-16H2,1-5H3,(H2,25,27,28);1H. The number of carbonyl (C=O) groups excluding carboxylic acids is 1. The molecule has 0 bridgehead atoms. The molecule has 0 unspecified atom stereocenters. The van der Waals surface area contributed by atoms with Crippen molar-refractivity contribution in [2.45, 2.75) is 52.9 Å². The number of amides is 1. The zero-order chi connectivity index (χ0) is 22.9. The Labute approximate surface area is 206 Å². The van der Waals surface area contributed by atoms with Gasteiger partial charge in [0.2, 0.25) is 0 Å². The maximum atomic E-state index is 13.7. The molecule has 0 radical (unpaired) electrons. The largest absolute Gasteiger partial charge is 0.444 e. The molecule has 2 aromatic rings. The fourth-order valence-corrected chi connectivity index (χ4v) is 2.66. The lowest BCUT2D eigenvalue weighted by atomic mass is 10.1. The molecule has 0 fully saturated rings. The van der Waals surface area contributed by atoms with E-state index in [0.717, 1.165) is 11.1 Å². The van der Waals surface area contributed by atoms with Crippen molar-refractivity contribution in [2.24, 2.45) is 4.99 Å². The maximum Gasteiger partial charge on any atom is 0.410 e. The number of pyridine rings is 1. The Hall–Kier alpha value is -2.43.